The number of rotatable bonds is 6. The lowest BCUT2D eigenvalue weighted by Gasteiger charge is -2.17. The van der Waals surface area contributed by atoms with Crippen molar-refractivity contribution in [3.8, 4) is 11.1 Å². The van der Waals surface area contributed by atoms with E-state index in [-0.39, 0.29) is 24.0 Å². The zero-order valence-corrected chi connectivity index (χ0v) is 14.7. The molecule has 0 spiro atoms. The lowest BCUT2D eigenvalue weighted by Crippen LogP contribution is -2.41. The highest BCUT2D eigenvalue weighted by Gasteiger charge is 2.29. The maximum Gasteiger partial charge on any atom is 0.407 e. The van der Waals surface area contributed by atoms with Crippen LogP contribution in [0.4, 0.5) is 4.79 Å². The van der Waals surface area contributed by atoms with E-state index in [2.05, 4.69) is 11.9 Å². The fourth-order valence-electron chi connectivity index (χ4n) is 3.20. The van der Waals surface area contributed by atoms with Gasteiger partial charge in [-0.3, -0.25) is 0 Å². The third kappa shape index (κ3) is 3.73. The van der Waals surface area contributed by atoms with Crippen molar-refractivity contribution >= 4 is 23.7 Å². The smallest absolute Gasteiger partial charge is 0.407 e. The van der Waals surface area contributed by atoms with Crippen LogP contribution in [0.1, 0.15) is 23.5 Å². The fraction of sp³-hybridized carbons (Fsp3) is 0.200. The van der Waals surface area contributed by atoms with Gasteiger partial charge in [0.15, 0.2) is 0 Å². The summed E-state index contributed by atoms with van der Waals surface area (Å²) in [4.78, 5) is 23.2. The molecule has 2 N–H and O–H groups in total. The molecule has 1 amide bonds. The Balaban J connectivity index is 1.71. The zero-order chi connectivity index (χ0) is 18.7. The van der Waals surface area contributed by atoms with Crippen molar-refractivity contribution in [3.63, 3.8) is 0 Å². The molecular weight excluding hydrogens is 354 g/mol. The highest BCUT2D eigenvalue weighted by molar-refractivity contribution is 6.29. The van der Waals surface area contributed by atoms with Crippen molar-refractivity contribution in [3.05, 3.63) is 71.3 Å². The van der Waals surface area contributed by atoms with Crippen LogP contribution >= 0.6 is 11.6 Å². The number of amides is 1. The van der Waals surface area contributed by atoms with Gasteiger partial charge in [0.1, 0.15) is 12.6 Å². The number of ether oxygens (including phenoxy) is 1. The monoisotopic (exact) mass is 371 g/mol. The minimum atomic E-state index is -1.19. The van der Waals surface area contributed by atoms with Crippen LogP contribution in [0.3, 0.4) is 0 Å². The molecular formula is C20H18ClNO4. The van der Waals surface area contributed by atoms with E-state index >= 15 is 0 Å². The first-order chi connectivity index (χ1) is 12.5. The van der Waals surface area contributed by atoms with Crippen LogP contribution in [0.2, 0.25) is 0 Å². The van der Waals surface area contributed by atoms with Crippen LogP contribution in [-0.2, 0) is 9.53 Å². The molecule has 2 aromatic rings. The molecule has 3 rings (SSSR count). The van der Waals surface area contributed by atoms with Gasteiger partial charge in [-0.2, -0.15) is 0 Å². The molecule has 0 aliphatic heterocycles. The minimum absolute atomic E-state index is 0.0684. The van der Waals surface area contributed by atoms with E-state index in [9.17, 15) is 9.59 Å². The van der Waals surface area contributed by atoms with Crippen molar-refractivity contribution in [2.24, 2.45) is 0 Å². The number of carboxylic acid groups (broad SMARTS) is 1. The second kappa shape index (κ2) is 7.62. The molecule has 6 heteroatoms. The number of aliphatic carboxylic acids is 1. The van der Waals surface area contributed by atoms with Gasteiger partial charge in [-0.15, -0.1) is 0 Å². The average Bonchev–Trinajstić information content (AvgIpc) is 2.93. The Bertz CT molecular complexity index is 819. The maximum absolute atomic E-state index is 12.1. The molecule has 0 fully saturated rings. The first-order valence-corrected chi connectivity index (χ1v) is 8.52. The van der Waals surface area contributed by atoms with Gasteiger partial charge in [0.2, 0.25) is 0 Å². The number of hydrogen-bond acceptors (Lipinski definition) is 3. The van der Waals surface area contributed by atoms with Crippen molar-refractivity contribution < 1.29 is 19.4 Å². The molecule has 5 nitrogen and oxygen atoms in total. The molecule has 26 heavy (non-hydrogen) atoms. The first-order valence-electron chi connectivity index (χ1n) is 8.15. The number of hydrogen-bond donors (Lipinski definition) is 2. The van der Waals surface area contributed by atoms with E-state index in [0.717, 1.165) is 22.3 Å². The fourth-order valence-corrected chi connectivity index (χ4v) is 3.36. The highest BCUT2D eigenvalue weighted by atomic mass is 35.5. The SMILES string of the molecule is C=C(Cl)C[C@@H](NC(=O)OCC1c2ccccc2-c2ccccc21)C(=O)O. The van der Waals surface area contributed by atoms with E-state index in [4.69, 9.17) is 21.4 Å². The molecule has 134 valence electrons. The second-order valence-corrected chi connectivity index (χ2v) is 6.62. The van der Waals surface area contributed by atoms with E-state index in [1.165, 1.54) is 0 Å². The lowest BCUT2D eigenvalue weighted by atomic mass is 9.98. The number of alkyl carbamates (subject to hydrolysis) is 1. The van der Waals surface area contributed by atoms with Crippen LogP contribution in [0, 0.1) is 0 Å². The number of carbonyl (C=O) groups is 2. The molecule has 2 aromatic carbocycles. The van der Waals surface area contributed by atoms with E-state index in [1.54, 1.807) is 0 Å². The summed E-state index contributed by atoms with van der Waals surface area (Å²) in [6.07, 6.45) is -0.863. The summed E-state index contributed by atoms with van der Waals surface area (Å²) in [6.45, 7) is 3.57. The zero-order valence-electron chi connectivity index (χ0n) is 13.9. The molecule has 1 aliphatic carbocycles. The van der Waals surface area contributed by atoms with Gasteiger partial charge in [0, 0.05) is 17.4 Å². The summed E-state index contributed by atoms with van der Waals surface area (Å²) in [5, 5.41) is 11.6. The summed E-state index contributed by atoms with van der Waals surface area (Å²) in [6, 6.07) is 14.8. The summed E-state index contributed by atoms with van der Waals surface area (Å²) in [7, 11) is 0. The highest BCUT2D eigenvalue weighted by Crippen LogP contribution is 2.44. The second-order valence-electron chi connectivity index (χ2n) is 6.08. The average molecular weight is 372 g/mol. The number of fused-ring (bicyclic) bond motifs is 3. The molecule has 0 saturated carbocycles. The lowest BCUT2D eigenvalue weighted by molar-refractivity contribution is -0.139. The Hall–Kier alpha value is -2.79. The van der Waals surface area contributed by atoms with Crippen molar-refractivity contribution in [1.82, 2.24) is 5.32 Å². The van der Waals surface area contributed by atoms with Crippen molar-refractivity contribution in [1.29, 1.82) is 0 Å². The summed E-state index contributed by atoms with van der Waals surface area (Å²) < 4.78 is 5.32. The number of benzene rings is 2. The first kappa shape index (κ1) is 18.0. The molecule has 0 bridgehead atoms. The summed E-state index contributed by atoms with van der Waals surface area (Å²) in [5.41, 5.74) is 4.42. The Labute approximate surface area is 156 Å². The largest absolute Gasteiger partial charge is 0.480 e. The van der Waals surface area contributed by atoms with E-state index in [0.29, 0.717) is 0 Å². The Kier molecular flexibility index (Phi) is 5.28. The van der Waals surface area contributed by atoms with Gasteiger partial charge in [0.05, 0.1) is 0 Å². The molecule has 1 aliphatic rings. The maximum atomic E-state index is 12.1. The summed E-state index contributed by atoms with van der Waals surface area (Å²) >= 11 is 5.64. The van der Waals surface area contributed by atoms with Gasteiger partial charge < -0.3 is 15.2 Å². The number of halogens is 1. The van der Waals surface area contributed by atoms with Crippen LogP contribution < -0.4 is 5.32 Å². The predicted molar refractivity (Wildman–Crippen MR) is 99.2 cm³/mol. The molecule has 1 atom stereocenters. The van der Waals surface area contributed by atoms with Gasteiger partial charge in [-0.05, 0) is 22.3 Å². The number of carbonyl (C=O) groups excluding carboxylic acids is 1. The topological polar surface area (TPSA) is 75.6 Å². The van der Waals surface area contributed by atoms with Crippen LogP contribution in [0.25, 0.3) is 11.1 Å². The van der Waals surface area contributed by atoms with Crippen LogP contribution in [0.15, 0.2) is 60.1 Å². The number of carboxylic acids is 1. The Morgan fingerprint density at radius 3 is 2.15 bits per heavy atom. The third-order valence-electron chi connectivity index (χ3n) is 4.36. The van der Waals surface area contributed by atoms with E-state index < -0.39 is 18.1 Å². The number of nitrogens with one attached hydrogen (secondary N) is 1. The van der Waals surface area contributed by atoms with Gasteiger partial charge in [-0.1, -0.05) is 66.7 Å². The van der Waals surface area contributed by atoms with Crippen LogP contribution in [0.5, 0.6) is 0 Å². The molecule has 0 saturated heterocycles. The van der Waals surface area contributed by atoms with Gasteiger partial charge in [-0.25, -0.2) is 9.59 Å². The van der Waals surface area contributed by atoms with Gasteiger partial charge in [0.25, 0.3) is 0 Å². The van der Waals surface area contributed by atoms with Gasteiger partial charge >= 0.3 is 12.1 Å². The molecule has 0 unspecified atom stereocenters. The Morgan fingerprint density at radius 2 is 1.65 bits per heavy atom. The van der Waals surface area contributed by atoms with Crippen molar-refractivity contribution in [2.75, 3.05) is 6.61 Å². The quantitative estimate of drug-likeness (QED) is 0.800. The normalized spacial score (nSPS) is 13.4. The minimum Gasteiger partial charge on any atom is -0.480 e. The molecule has 0 radical (unpaired) electrons. The predicted octanol–water partition coefficient (Wildman–Crippen LogP) is 4.12. The summed E-state index contributed by atoms with van der Waals surface area (Å²) in [5.74, 6) is -1.28. The standard InChI is InChI=1S/C20H18ClNO4/c1-12(21)10-18(19(23)24)22-20(25)26-11-17-15-8-4-2-6-13(15)14-7-3-5-9-16(14)17/h2-9,17-18H,1,10-11H2,(H,22,25)(H,23,24)/t18-/m1/s1. The Morgan fingerprint density at radius 1 is 1.12 bits per heavy atom. The van der Waals surface area contributed by atoms with Crippen LogP contribution in [-0.4, -0.2) is 29.8 Å². The van der Waals surface area contributed by atoms with E-state index in [1.807, 2.05) is 48.5 Å². The molecule has 0 heterocycles. The molecule has 0 aromatic heterocycles. The third-order valence-corrected chi connectivity index (χ3v) is 4.51. The van der Waals surface area contributed by atoms with Crippen molar-refractivity contribution in [2.45, 2.75) is 18.4 Å².